The van der Waals surface area contributed by atoms with Crippen LogP contribution in [0, 0.1) is 0 Å². The second-order valence-corrected chi connectivity index (χ2v) is 3.68. The molecule has 0 spiro atoms. The van der Waals surface area contributed by atoms with E-state index in [-0.39, 0.29) is 0 Å². The quantitative estimate of drug-likeness (QED) is 0.774. The molecule has 0 bridgehead atoms. The van der Waals surface area contributed by atoms with E-state index in [1.165, 1.54) is 5.56 Å². The van der Waals surface area contributed by atoms with Crippen LogP contribution in [0.3, 0.4) is 0 Å². The summed E-state index contributed by atoms with van der Waals surface area (Å²) in [6.07, 6.45) is 2.18. The molecule has 1 aromatic carbocycles. The summed E-state index contributed by atoms with van der Waals surface area (Å²) >= 11 is 0. The van der Waals surface area contributed by atoms with Crippen molar-refractivity contribution in [1.29, 1.82) is 0 Å². The molecule has 0 heterocycles. The Labute approximate surface area is 92.6 Å². The molecule has 0 saturated heterocycles. The van der Waals surface area contributed by atoms with E-state index >= 15 is 0 Å². The van der Waals surface area contributed by atoms with E-state index in [2.05, 4.69) is 31.3 Å². The maximum absolute atomic E-state index is 5.34. The van der Waals surface area contributed by atoms with Gasteiger partial charge in [0.05, 0.1) is 7.11 Å². The first kappa shape index (κ1) is 12.1. The highest BCUT2D eigenvalue weighted by molar-refractivity contribution is 5.33. The fourth-order valence-electron chi connectivity index (χ4n) is 1.79. The molecule has 1 rings (SSSR count). The lowest BCUT2D eigenvalue weighted by Gasteiger charge is -2.17. The van der Waals surface area contributed by atoms with Crippen molar-refractivity contribution in [3.8, 4) is 5.75 Å². The van der Waals surface area contributed by atoms with Crippen LogP contribution in [0.4, 0.5) is 0 Å². The Morgan fingerprint density at radius 1 is 1.27 bits per heavy atom. The second-order valence-electron chi connectivity index (χ2n) is 3.68. The van der Waals surface area contributed by atoms with E-state index in [4.69, 9.17) is 4.74 Å². The van der Waals surface area contributed by atoms with Crippen LogP contribution >= 0.6 is 0 Å². The maximum atomic E-state index is 5.34. The monoisotopic (exact) mass is 207 g/mol. The van der Waals surface area contributed by atoms with Crippen molar-refractivity contribution >= 4 is 0 Å². The number of likely N-dealkylation sites (N-methyl/N-ethyl adjacent to an activating group) is 1. The summed E-state index contributed by atoms with van der Waals surface area (Å²) < 4.78 is 5.34. The van der Waals surface area contributed by atoms with Crippen LogP contribution in [0.5, 0.6) is 5.75 Å². The number of benzene rings is 1. The molecule has 84 valence electrons. The summed E-state index contributed by atoms with van der Waals surface area (Å²) in [5.41, 5.74) is 1.28. The van der Waals surface area contributed by atoms with E-state index in [0.717, 1.165) is 25.1 Å². The molecule has 15 heavy (non-hydrogen) atoms. The van der Waals surface area contributed by atoms with Crippen LogP contribution in [-0.2, 0) is 6.42 Å². The molecular weight excluding hydrogens is 186 g/mol. The fraction of sp³-hybridized carbons (Fsp3) is 0.538. The third-order valence-corrected chi connectivity index (χ3v) is 2.64. The zero-order valence-corrected chi connectivity index (χ0v) is 9.92. The van der Waals surface area contributed by atoms with Gasteiger partial charge in [0.25, 0.3) is 0 Å². The van der Waals surface area contributed by atoms with Crippen molar-refractivity contribution in [1.82, 2.24) is 5.32 Å². The normalized spacial score (nSPS) is 12.5. The summed E-state index contributed by atoms with van der Waals surface area (Å²) in [5.74, 6) is 0.994. The number of hydrogen-bond acceptors (Lipinski definition) is 2. The van der Waals surface area contributed by atoms with Gasteiger partial charge in [0.2, 0.25) is 0 Å². The van der Waals surface area contributed by atoms with Gasteiger partial charge in [-0.1, -0.05) is 32.0 Å². The summed E-state index contributed by atoms with van der Waals surface area (Å²) in [6.45, 7) is 5.38. The Morgan fingerprint density at radius 2 is 2.00 bits per heavy atom. The van der Waals surface area contributed by atoms with Crippen molar-refractivity contribution in [2.24, 2.45) is 0 Å². The van der Waals surface area contributed by atoms with Crippen LogP contribution in [0.1, 0.15) is 25.8 Å². The molecule has 1 N–H and O–H groups in total. The molecule has 0 aromatic heterocycles. The third kappa shape index (κ3) is 3.56. The first-order valence-electron chi connectivity index (χ1n) is 5.67. The van der Waals surface area contributed by atoms with Crippen LogP contribution in [0.15, 0.2) is 24.3 Å². The van der Waals surface area contributed by atoms with Crippen LogP contribution < -0.4 is 10.1 Å². The maximum Gasteiger partial charge on any atom is 0.122 e. The summed E-state index contributed by atoms with van der Waals surface area (Å²) in [7, 11) is 1.73. The predicted octanol–water partition coefficient (Wildman–Crippen LogP) is 2.63. The SMILES string of the molecule is CCNC(CC)Cc1ccccc1OC. The minimum Gasteiger partial charge on any atom is -0.496 e. The molecule has 1 unspecified atom stereocenters. The van der Waals surface area contributed by atoms with E-state index < -0.39 is 0 Å². The molecular formula is C13H21NO. The van der Waals surface area contributed by atoms with Gasteiger partial charge < -0.3 is 10.1 Å². The zero-order chi connectivity index (χ0) is 11.1. The lowest BCUT2D eigenvalue weighted by atomic mass is 10.0. The predicted molar refractivity (Wildman–Crippen MR) is 64.5 cm³/mol. The molecule has 2 nitrogen and oxygen atoms in total. The van der Waals surface area contributed by atoms with Gasteiger partial charge in [-0.15, -0.1) is 0 Å². The summed E-state index contributed by atoms with van der Waals surface area (Å²) in [4.78, 5) is 0. The minimum absolute atomic E-state index is 0.548. The number of rotatable bonds is 6. The molecule has 0 radical (unpaired) electrons. The van der Waals surface area contributed by atoms with E-state index in [9.17, 15) is 0 Å². The van der Waals surface area contributed by atoms with Gasteiger partial charge in [0, 0.05) is 6.04 Å². The average Bonchev–Trinajstić information content (AvgIpc) is 2.29. The summed E-state index contributed by atoms with van der Waals surface area (Å²) in [6, 6.07) is 8.78. The number of methoxy groups -OCH3 is 1. The van der Waals surface area contributed by atoms with Gasteiger partial charge in [0.1, 0.15) is 5.75 Å². The molecule has 0 saturated carbocycles. The Morgan fingerprint density at radius 3 is 2.60 bits per heavy atom. The minimum atomic E-state index is 0.548. The Bertz CT molecular complexity index is 286. The van der Waals surface area contributed by atoms with Gasteiger partial charge in [-0.2, -0.15) is 0 Å². The standard InChI is InChI=1S/C13H21NO/c1-4-12(14-5-2)10-11-8-6-7-9-13(11)15-3/h6-9,12,14H,4-5,10H2,1-3H3. The Hall–Kier alpha value is -1.02. The zero-order valence-electron chi connectivity index (χ0n) is 9.92. The Balaban J connectivity index is 2.69. The van der Waals surface area contributed by atoms with Gasteiger partial charge in [0.15, 0.2) is 0 Å². The van der Waals surface area contributed by atoms with Crippen LogP contribution in [0.2, 0.25) is 0 Å². The van der Waals surface area contributed by atoms with Crippen LogP contribution in [-0.4, -0.2) is 19.7 Å². The lowest BCUT2D eigenvalue weighted by Crippen LogP contribution is -2.30. The average molecular weight is 207 g/mol. The van der Waals surface area contributed by atoms with Gasteiger partial charge >= 0.3 is 0 Å². The number of para-hydroxylation sites is 1. The number of ether oxygens (including phenoxy) is 1. The molecule has 1 atom stereocenters. The first-order valence-corrected chi connectivity index (χ1v) is 5.67. The van der Waals surface area contributed by atoms with Crippen molar-refractivity contribution in [3.05, 3.63) is 29.8 Å². The van der Waals surface area contributed by atoms with E-state index in [1.54, 1.807) is 7.11 Å². The molecule has 0 amide bonds. The van der Waals surface area contributed by atoms with Crippen LogP contribution in [0.25, 0.3) is 0 Å². The summed E-state index contributed by atoms with van der Waals surface area (Å²) in [5, 5.41) is 3.48. The van der Waals surface area contributed by atoms with Crippen molar-refractivity contribution < 1.29 is 4.74 Å². The smallest absolute Gasteiger partial charge is 0.122 e. The lowest BCUT2D eigenvalue weighted by molar-refractivity contribution is 0.404. The molecule has 0 fully saturated rings. The highest BCUT2D eigenvalue weighted by Crippen LogP contribution is 2.19. The van der Waals surface area contributed by atoms with Crippen molar-refractivity contribution in [2.75, 3.05) is 13.7 Å². The number of nitrogens with one attached hydrogen (secondary N) is 1. The highest BCUT2D eigenvalue weighted by atomic mass is 16.5. The van der Waals surface area contributed by atoms with Crippen molar-refractivity contribution in [2.45, 2.75) is 32.7 Å². The molecule has 1 aromatic rings. The second kappa shape index (κ2) is 6.46. The van der Waals surface area contributed by atoms with Gasteiger partial charge in [-0.25, -0.2) is 0 Å². The third-order valence-electron chi connectivity index (χ3n) is 2.64. The largest absolute Gasteiger partial charge is 0.496 e. The Kier molecular flexibility index (Phi) is 5.19. The molecule has 0 aliphatic rings. The van der Waals surface area contributed by atoms with E-state index in [0.29, 0.717) is 6.04 Å². The highest BCUT2D eigenvalue weighted by Gasteiger charge is 2.08. The molecule has 0 aliphatic heterocycles. The molecule has 0 aliphatic carbocycles. The molecule has 2 heteroatoms. The van der Waals surface area contributed by atoms with Gasteiger partial charge in [-0.05, 0) is 31.0 Å². The van der Waals surface area contributed by atoms with E-state index in [1.807, 2.05) is 12.1 Å². The fourth-order valence-corrected chi connectivity index (χ4v) is 1.79. The topological polar surface area (TPSA) is 21.3 Å². The first-order chi connectivity index (χ1) is 7.31. The van der Waals surface area contributed by atoms with Gasteiger partial charge in [-0.3, -0.25) is 0 Å². The number of hydrogen-bond donors (Lipinski definition) is 1. The van der Waals surface area contributed by atoms with Crippen molar-refractivity contribution in [3.63, 3.8) is 0 Å².